The molecule has 1 N–H and O–H groups in total. The van der Waals surface area contributed by atoms with Crippen LogP contribution in [0.15, 0.2) is 36.5 Å². The number of rotatable bonds is 3. The van der Waals surface area contributed by atoms with E-state index < -0.39 is 17.7 Å². The van der Waals surface area contributed by atoms with E-state index in [1.165, 1.54) is 11.0 Å². The number of urea groups is 1. The van der Waals surface area contributed by atoms with Crippen molar-refractivity contribution in [1.82, 2.24) is 14.8 Å². The van der Waals surface area contributed by atoms with Crippen molar-refractivity contribution in [2.45, 2.75) is 19.9 Å². The van der Waals surface area contributed by atoms with Gasteiger partial charge in [0.05, 0.1) is 17.9 Å². The summed E-state index contributed by atoms with van der Waals surface area (Å²) in [5.74, 6) is -2.24. The maximum absolute atomic E-state index is 14.1. The summed E-state index contributed by atoms with van der Waals surface area (Å²) in [4.78, 5) is 32.4. The smallest absolute Gasteiger partial charge is 0.322 e. The van der Waals surface area contributed by atoms with Crippen molar-refractivity contribution < 1.29 is 18.4 Å². The van der Waals surface area contributed by atoms with Crippen LogP contribution in [0.1, 0.15) is 23.2 Å². The molecule has 6 nitrogen and oxygen atoms in total. The highest BCUT2D eigenvalue weighted by atomic mass is 19.2. The third-order valence-corrected chi connectivity index (χ3v) is 5.22. The van der Waals surface area contributed by atoms with Crippen LogP contribution in [0.2, 0.25) is 0 Å². The Balaban J connectivity index is 1.47. The van der Waals surface area contributed by atoms with E-state index in [0.717, 1.165) is 22.9 Å². The monoisotopic (exact) mass is 398 g/mol. The number of pyridine rings is 1. The van der Waals surface area contributed by atoms with Crippen molar-refractivity contribution in [3.63, 3.8) is 0 Å². The molecule has 2 aliphatic heterocycles. The van der Waals surface area contributed by atoms with Crippen molar-refractivity contribution >= 4 is 23.2 Å². The summed E-state index contributed by atoms with van der Waals surface area (Å²) < 4.78 is 27.6. The Morgan fingerprint density at radius 3 is 2.86 bits per heavy atom. The number of carbonyl (C=O) groups excluding carboxylic acids is 2. The summed E-state index contributed by atoms with van der Waals surface area (Å²) in [6.45, 7) is 2.52. The predicted octanol–water partition coefficient (Wildman–Crippen LogP) is 3.33. The Labute approximate surface area is 166 Å². The maximum Gasteiger partial charge on any atom is 0.322 e. The normalized spacial score (nSPS) is 16.2. The molecule has 150 valence electrons. The third kappa shape index (κ3) is 3.70. The molecule has 0 atom stereocenters. The van der Waals surface area contributed by atoms with Gasteiger partial charge in [-0.2, -0.15) is 0 Å². The van der Waals surface area contributed by atoms with Crippen LogP contribution in [0.4, 0.5) is 19.3 Å². The zero-order valence-corrected chi connectivity index (χ0v) is 15.9. The first-order chi connectivity index (χ1) is 13.9. The Morgan fingerprint density at radius 2 is 2.07 bits per heavy atom. The number of amides is 3. The van der Waals surface area contributed by atoms with Gasteiger partial charge >= 0.3 is 6.03 Å². The van der Waals surface area contributed by atoms with E-state index in [9.17, 15) is 18.4 Å². The fraction of sp³-hybridized carbons (Fsp3) is 0.286. The number of hydrogen-bond acceptors (Lipinski definition) is 3. The topological polar surface area (TPSA) is 65.5 Å². The number of anilines is 1. The molecular weight excluding hydrogens is 378 g/mol. The van der Waals surface area contributed by atoms with Gasteiger partial charge in [-0.15, -0.1) is 0 Å². The zero-order chi connectivity index (χ0) is 20.5. The second kappa shape index (κ2) is 7.62. The van der Waals surface area contributed by atoms with E-state index in [-0.39, 0.29) is 30.2 Å². The van der Waals surface area contributed by atoms with Gasteiger partial charge in [0, 0.05) is 24.8 Å². The molecule has 0 saturated heterocycles. The molecule has 4 rings (SSSR count). The van der Waals surface area contributed by atoms with Crippen LogP contribution >= 0.6 is 0 Å². The van der Waals surface area contributed by atoms with Crippen molar-refractivity contribution in [1.29, 1.82) is 0 Å². The Morgan fingerprint density at radius 1 is 1.24 bits per heavy atom. The van der Waals surface area contributed by atoms with Crippen molar-refractivity contribution in [3.05, 3.63) is 65.0 Å². The molecule has 1 aromatic heterocycles. The van der Waals surface area contributed by atoms with E-state index in [0.29, 0.717) is 19.5 Å². The van der Waals surface area contributed by atoms with Gasteiger partial charge in [-0.1, -0.05) is 12.1 Å². The van der Waals surface area contributed by atoms with Gasteiger partial charge in [-0.25, -0.2) is 13.6 Å². The number of halogens is 2. The number of fused-ring (bicyclic) bond motifs is 1. The quantitative estimate of drug-likeness (QED) is 0.863. The highest BCUT2D eigenvalue weighted by Crippen LogP contribution is 2.28. The van der Waals surface area contributed by atoms with Crippen LogP contribution in [0, 0.1) is 18.6 Å². The van der Waals surface area contributed by atoms with Crippen LogP contribution in [0.5, 0.6) is 0 Å². The lowest BCUT2D eigenvalue weighted by molar-refractivity contribution is -0.131. The van der Waals surface area contributed by atoms with Crippen molar-refractivity contribution in [2.24, 2.45) is 0 Å². The molecule has 29 heavy (non-hydrogen) atoms. The van der Waals surface area contributed by atoms with Gasteiger partial charge in [-0.3, -0.25) is 9.78 Å². The largest absolute Gasteiger partial charge is 0.336 e. The number of carbonyl (C=O) groups is 2. The number of nitrogens with one attached hydrogen (secondary N) is 1. The summed E-state index contributed by atoms with van der Waals surface area (Å²) in [5, 5.41) is 2.52. The molecule has 0 radical (unpaired) electrons. The van der Waals surface area contributed by atoms with Gasteiger partial charge in [0.15, 0.2) is 11.6 Å². The van der Waals surface area contributed by atoms with Gasteiger partial charge < -0.3 is 15.1 Å². The maximum atomic E-state index is 14.1. The molecule has 2 aromatic rings. The number of hydrogen-bond donors (Lipinski definition) is 1. The standard InChI is InChI=1S/C21H20F2N4O2/c1-13-4-2-8-24-20(13)14-5-3-9-26(10-14)18(28)12-27-11-15-17(25-21(27)29)7-6-16(22)19(15)23/h2,4-8H,3,9-12H2,1H3,(H,25,29). The van der Waals surface area contributed by atoms with Gasteiger partial charge in [0.25, 0.3) is 0 Å². The molecule has 0 saturated carbocycles. The molecule has 2 aliphatic rings. The van der Waals surface area contributed by atoms with Crippen LogP contribution < -0.4 is 5.32 Å². The molecule has 0 unspecified atom stereocenters. The second-order valence-electron chi connectivity index (χ2n) is 7.18. The average molecular weight is 398 g/mol. The molecule has 0 fully saturated rings. The van der Waals surface area contributed by atoms with Gasteiger partial charge in [0.2, 0.25) is 5.91 Å². The fourth-order valence-corrected chi connectivity index (χ4v) is 3.66. The molecule has 0 bridgehead atoms. The fourth-order valence-electron chi connectivity index (χ4n) is 3.66. The number of aromatic nitrogens is 1. The summed E-state index contributed by atoms with van der Waals surface area (Å²) in [7, 11) is 0. The zero-order valence-electron chi connectivity index (χ0n) is 15.9. The van der Waals surface area contributed by atoms with Crippen molar-refractivity contribution in [3.8, 4) is 0 Å². The minimum atomic E-state index is -1.01. The molecule has 0 spiro atoms. The highest BCUT2D eigenvalue weighted by Gasteiger charge is 2.30. The van der Waals surface area contributed by atoms with E-state index in [1.807, 2.05) is 19.1 Å². The molecule has 3 amide bonds. The second-order valence-corrected chi connectivity index (χ2v) is 7.18. The Bertz CT molecular complexity index is 1020. The summed E-state index contributed by atoms with van der Waals surface area (Å²) in [6, 6.07) is 5.61. The minimum Gasteiger partial charge on any atom is -0.336 e. The molecule has 3 heterocycles. The SMILES string of the molecule is Cc1cccnc1C1=CCCN(C(=O)CN2Cc3c(ccc(F)c3F)NC2=O)C1. The van der Waals surface area contributed by atoms with E-state index >= 15 is 0 Å². The molecule has 0 aliphatic carbocycles. The molecular formula is C21H20F2N4O2. The van der Waals surface area contributed by atoms with Crippen molar-refractivity contribution in [2.75, 3.05) is 25.0 Å². The first kappa shape index (κ1) is 19.0. The number of nitrogens with zero attached hydrogens (tertiary/aromatic N) is 3. The number of aryl methyl sites for hydroxylation is 1. The van der Waals surface area contributed by atoms with Gasteiger partial charge in [-0.05, 0) is 42.7 Å². The van der Waals surface area contributed by atoms with E-state index in [1.54, 1.807) is 11.1 Å². The Hall–Kier alpha value is -3.29. The summed E-state index contributed by atoms with van der Waals surface area (Å²) >= 11 is 0. The lowest BCUT2D eigenvalue weighted by Crippen LogP contribution is -2.47. The predicted molar refractivity (Wildman–Crippen MR) is 104 cm³/mol. The average Bonchev–Trinajstić information content (AvgIpc) is 2.72. The van der Waals surface area contributed by atoms with Crippen LogP contribution in [-0.4, -0.2) is 46.4 Å². The Kier molecular flexibility index (Phi) is 5.00. The number of benzene rings is 1. The molecule has 8 heteroatoms. The highest BCUT2D eigenvalue weighted by molar-refractivity contribution is 5.95. The first-order valence-electron chi connectivity index (χ1n) is 9.35. The van der Waals surface area contributed by atoms with E-state index in [2.05, 4.69) is 16.4 Å². The van der Waals surface area contributed by atoms with Crippen LogP contribution in [0.25, 0.3) is 5.57 Å². The van der Waals surface area contributed by atoms with Gasteiger partial charge in [0.1, 0.15) is 6.54 Å². The van der Waals surface area contributed by atoms with E-state index in [4.69, 9.17) is 0 Å². The summed E-state index contributed by atoms with van der Waals surface area (Å²) in [5.41, 5.74) is 3.11. The minimum absolute atomic E-state index is 0.0424. The van der Waals surface area contributed by atoms with Crippen LogP contribution in [-0.2, 0) is 11.3 Å². The third-order valence-electron chi connectivity index (χ3n) is 5.22. The molecule has 1 aromatic carbocycles. The lowest BCUT2D eigenvalue weighted by Gasteiger charge is -2.33. The lowest BCUT2D eigenvalue weighted by atomic mass is 10.0. The van der Waals surface area contributed by atoms with Crippen LogP contribution in [0.3, 0.4) is 0 Å². The summed E-state index contributed by atoms with van der Waals surface area (Å²) in [6.07, 6.45) is 4.47. The first-order valence-corrected chi connectivity index (χ1v) is 9.35.